The first kappa shape index (κ1) is 9.98. The molecule has 0 spiro atoms. The number of nitrogens with one attached hydrogen (secondary N) is 1. The minimum absolute atomic E-state index is 0.731. The van der Waals surface area contributed by atoms with Gasteiger partial charge in [-0.05, 0) is 34.9 Å². The van der Waals surface area contributed by atoms with Crippen molar-refractivity contribution in [2.24, 2.45) is 0 Å². The first-order valence-electron chi connectivity index (χ1n) is 4.73. The van der Waals surface area contributed by atoms with Gasteiger partial charge in [-0.1, -0.05) is 0 Å². The summed E-state index contributed by atoms with van der Waals surface area (Å²) in [5, 5.41) is 7.53. The number of nitrogen functional groups attached to an aromatic ring is 1. The maximum atomic E-state index is 5.66. The molecule has 0 unspecified atom stereocenters. The van der Waals surface area contributed by atoms with Crippen molar-refractivity contribution in [2.45, 2.75) is 13.5 Å². The summed E-state index contributed by atoms with van der Waals surface area (Å²) in [6.45, 7) is 2.91. The molecule has 0 saturated carbocycles. The van der Waals surface area contributed by atoms with Crippen LogP contribution in [0.3, 0.4) is 0 Å². The molecule has 3 N–H and O–H groups in total. The van der Waals surface area contributed by atoms with Crippen molar-refractivity contribution in [1.29, 1.82) is 0 Å². The third-order valence-electron chi connectivity index (χ3n) is 2.21. The van der Waals surface area contributed by atoms with Gasteiger partial charge < -0.3 is 11.1 Å². The minimum Gasteiger partial charge on any atom is -0.399 e. The van der Waals surface area contributed by atoms with Gasteiger partial charge in [0.2, 0.25) is 0 Å². The molecular formula is C11H13N3S. The van der Waals surface area contributed by atoms with Gasteiger partial charge in [-0.3, -0.25) is 0 Å². The molecule has 0 amide bonds. The number of thiophene rings is 1. The highest BCUT2D eigenvalue weighted by Crippen LogP contribution is 2.15. The number of nitrogens with zero attached hydrogens (tertiary/aromatic N) is 1. The summed E-state index contributed by atoms with van der Waals surface area (Å²) in [6.07, 6.45) is 1.71. The van der Waals surface area contributed by atoms with E-state index < -0.39 is 0 Å². The lowest BCUT2D eigenvalue weighted by molar-refractivity contribution is 1.10. The second kappa shape index (κ2) is 4.31. The Morgan fingerprint density at radius 3 is 3.00 bits per heavy atom. The number of hydrogen-bond donors (Lipinski definition) is 2. The van der Waals surface area contributed by atoms with Crippen molar-refractivity contribution in [1.82, 2.24) is 4.98 Å². The van der Waals surface area contributed by atoms with E-state index >= 15 is 0 Å². The smallest absolute Gasteiger partial charge is 0.128 e. The van der Waals surface area contributed by atoms with Gasteiger partial charge >= 0.3 is 0 Å². The van der Waals surface area contributed by atoms with Gasteiger partial charge in [-0.15, -0.1) is 0 Å². The van der Waals surface area contributed by atoms with Crippen LogP contribution in [0.2, 0.25) is 0 Å². The molecule has 2 aromatic rings. The molecule has 2 heterocycles. The lowest BCUT2D eigenvalue weighted by Gasteiger charge is -2.05. The van der Waals surface area contributed by atoms with Crippen LogP contribution in [0, 0.1) is 6.92 Å². The van der Waals surface area contributed by atoms with E-state index in [1.54, 1.807) is 23.6 Å². The molecule has 2 rings (SSSR count). The second-order valence-corrected chi connectivity index (χ2v) is 4.15. The molecule has 3 nitrogen and oxygen atoms in total. The summed E-state index contributed by atoms with van der Waals surface area (Å²) in [4.78, 5) is 4.18. The SMILES string of the molecule is Cc1cscc1CNc1cc(N)ccn1. The van der Waals surface area contributed by atoms with Crippen LogP contribution in [-0.2, 0) is 6.54 Å². The monoisotopic (exact) mass is 219 g/mol. The molecule has 0 aliphatic heterocycles. The summed E-state index contributed by atoms with van der Waals surface area (Å²) in [5.41, 5.74) is 9.02. The predicted octanol–water partition coefficient (Wildman–Crippen LogP) is 2.65. The van der Waals surface area contributed by atoms with Crippen LogP contribution in [0.4, 0.5) is 11.5 Å². The minimum atomic E-state index is 0.731. The molecule has 0 radical (unpaired) electrons. The molecule has 2 aromatic heterocycles. The molecule has 0 aliphatic rings. The van der Waals surface area contributed by atoms with Crippen molar-refractivity contribution in [2.75, 3.05) is 11.1 Å². The second-order valence-electron chi connectivity index (χ2n) is 3.41. The zero-order valence-corrected chi connectivity index (χ0v) is 9.34. The van der Waals surface area contributed by atoms with Crippen molar-refractivity contribution in [3.05, 3.63) is 40.2 Å². The number of nitrogens with two attached hydrogens (primary N) is 1. The van der Waals surface area contributed by atoms with Crippen molar-refractivity contribution >= 4 is 22.8 Å². The van der Waals surface area contributed by atoms with E-state index in [4.69, 9.17) is 5.73 Å². The largest absolute Gasteiger partial charge is 0.399 e. The lowest BCUT2D eigenvalue weighted by Crippen LogP contribution is -2.01. The predicted molar refractivity (Wildman–Crippen MR) is 65.0 cm³/mol. The van der Waals surface area contributed by atoms with Gasteiger partial charge in [-0.2, -0.15) is 11.3 Å². The van der Waals surface area contributed by atoms with Crippen LogP contribution in [0.15, 0.2) is 29.1 Å². The Kier molecular flexibility index (Phi) is 2.87. The van der Waals surface area contributed by atoms with Gasteiger partial charge in [0.25, 0.3) is 0 Å². The van der Waals surface area contributed by atoms with Crippen LogP contribution in [0.25, 0.3) is 0 Å². The Labute approximate surface area is 93.0 Å². The van der Waals surface area contributed by atoms with Gasteiger partial charge in [0, 0.05) is 24.5 Å². The van der Waals surface area contributed by atoms with Crippen LogP contribution in [0.1, 0.15) is 11.1 Å². The van der Waals surface area contributed by atoms with Crippen LogP contribution in [-0.4, -0.2) is 4.98 Å². The number of aryl methyl sites for hydroxylation is 1. The fraction of sp³-hybridized carbons (Fsp3) is 0.182. The number of anilines is 2. The van der Waals surface area contributed by atoms with Crippen LogP contribution < -0.4 is 11.1 Å². The Morgan fingerprint density at radius 2 is 2.33 bits per heavy atom. The lowest BCUT2D eigenvalue weighted by atomic mass is 10.2. The normalized spacial score (nSPS) is 10.2. The van der Waals surface area contributed by atoms with E-state index in [2.05, 4.69) is 28.0 Å². The third-order valence-corrected chi connectivity index (χ3v) is 3.12. The molecule has 78 valence electrons. The van der Waals surface area contributed by atoms with E-state index in [1.165, 1.54) is 11.1 Å². The Hall–Kier alpha value is -1.55. The summed E-state index contributed by atoms with van der Waals surface area (Å²) < 4.78 is 0. The molecule has 0 saturated heterocycles. The molecule has 0 aliphatic carbocycles. The van der Waals surface area contributed by atoms with Crippen molar-refractivity contribution in [3.63, 3.8) is 0 Å². The standard InChI is InChI=1S/C11H13N3S/c1-8-6-15-7-9(8)5-14-11-4-10(12)2-3-13-11/h2-4,6-7H,5H2,1H3,(H3,12,13,14). The highest BCUT2D eigenvalue weighted by atomic mass is 32.1. The topological polar surface area (TPSA) is 50.9 Å². The van der Waals surface area contributed by atoms with Crippen LogP contribution in [0.5, 0.6) is 0 Å². The fourth-order valence-corrected chi connectivity index (χ4v) is 2.15. The van der Waals surface area contributed by atoms with Gasteiger partial charge in [0.05, 0.1) is 0 Å². The Balaban J connectivity index is 2.02. The first-order chi connectivity index (χ1) is 7.25. The maximum absolute atomic E-state index is 5.66. The number of rotatable bonds is 3. The average molecular weight is 219 g/mol. The summed E-state index contributed by atoms with van der Waals surface area (Å²) in [5.74, 6) is 0.820. The number of pyridine rings is 1. The highest BCUT2D eigenvalue weighted by Gasteiger charge is 1.99. The van der Waals surface area contributed by atoms with Gasteiger partial charge in [0.1, 0.15) is 5.82 Å². The molecule has 4 heteroatoms. The van der Waals surface area contributed by atoms with Crippen LogP contribution >= 0.6 is 11.3 Å². The Morgan fingerprint density at radius 1 is 1.47 bits per heavy atom. The maximum Gasteiger partial charge on any atom is 0.128 e. The molecule has 0 fully saturated rings. The summed E-state index contributed by atoms with van der Waals surface area (Å²) >= 11 is 1.72. The summed E-state index contributed by atoms with van der Waals surface area (Å²) in [7, 11) is 0. The van der Waals surface area contributed by atoms with E-state index in [1.807, 2.05) is 6.07 Å². The van der Waals surface area contributed by atoms with E-state index in [9.17, 15) is 0 Å². The zero-order chi connectivity index (χ0) is 10.7. The Bertz CT molecular complexity index is 451. The molecule has 15 heavy (non-hydrogen) atoms. The van der Waals surface area contributed by atoms with Gasteiger partial charge in [-0.25, -0.2) is 4.98 Å². The highest BCUT2D eigenvalue weighted by molar-refractivity contribution is 7.08. The van der Waals surface area contributed by atoms with E-state index in [0.29, 0.717) is 0 Å². The molecule has 0 bridgehead atoms. The quantitative estimate of drug-likeness (QED) is 0.834. The van der Waals surface area contributed by atoms with Gasteiger partial charge in [0.15, 0.2) is 0 Å². The number of hydrogen-bond acceptors (Lipinski definition) is 4. The average Bonchev–Trinajstić information content (AvgIpc) is 2.61. The van der Waals surface area contributed by atoms with Crippen molar-refractivity contribution in [3.8, 4) is 0 Å². The summed E-state index contributed by atoms with van der Waals surface area (Å²) in [6, 6.07) is 3.61. The molecule has 0 atom stereocenters. The third kappa shape index (κ3) is 2.47. The number of aromatic nitrogens is 1. The van der Waals surface area contributed by atoms with Crippen molar-refractivity contribution < 1.29 is 0 Å². The fourth-order valence-electron chi connectivity index (χ4n) is 1.30. The molecule has 0 aromatic carbocycles. The van der Waals surface area contributed by atoms with E-state index in [0.717, 1.165) is 18.1 Å². The zero-order valence-electron chi connectivity index (χ0n) is 8.53. The molecular weight excluding hydrogens is 206 g/mol. The van der Waals surface area contributed by atoms with E-state index in [-0.39, 0.29) is 0 Å². The first-order valence-corrected chi connectivity index (χ1v) is 5.67.